The molecule has 1 saturated carbocycles. The summed E-state index contributed by atoms with van der Waals surface area (Å²) in [5, 5.41) is 0.783. The van der Waals surface area contributed by atoms with Crippen LogP contribution in [0.4, 0.5) is 0 Å². The number of nitrogens with zero attached hydrogens (tertiary/aromatic N) is 1. The van der Waals surface area contributed by atoms with Crippen LogP contribution in [0.1, 0.15) is 56.4 Å². The Balaban J connectivity index is 1.43. The SMILES string of the molecule is O=C(C1CCCCC1)N1CCCC(C2NNCC2c2ccc(Cl)cc2)C1. The maximum Gasteiger partial charge on any atom is 0.225 e. The normalized spacial score (nSPS) is 30.5. The molecule has 1 aliphatic carbocycles. The van der Waals surface area contributed by atoms with Crippen LogP contribution in [0.3, 0.4) is 0 Å². The van der Waals surface area contributed by atoms with Gasteiger partial charge in [0.2, 0.25) is 5.91 Å². The highest BCUT2D eigenvalue weighted by atomic mass is 35.5. The fraction of sp³-hybridized carbons (Fsp3) is 0.667. The monoisotopic (exact) mass is 375 g/mol. The molecule has 2 N–H and O–H groups in total. The van der Waals surface area contributed by atoms with Crippen LogP contribution in [-0.2, 0) is 4.79 Å². The predicted octanol–water partition coefficient (Wildman–Crippen LogP) is 3.72. The lowest BCUT2D eigenvalue weighted by atomic mass is 9.80. The number of hydrazine groups is 1. The van der Waals surface area contributed by atoms with Crippen molar-refractivity contribution in [2.24, 2.45) is 11.8 Å². The number of carbonyl (C=O) groups is 1. The van der Waals surface area contributed by atoms with E-state index in [1.807, 2.05) is 12.1 Å². The number of hydrogen-bond acceptors (Lipinski definition) is 3. The number of carbonyl (C=O) groups excluding carboxylic acids is 1. The van der Waals surface area contributed by atoms with E-state index in [1.165, 1.54) is 31.2 Å². The topological polar surface area (TPSA) is 44.4 Å². The van der Waals surface area contributed by atoms with Crippen LogP contribution in [0.15, 0.2) is 24.3 Å². The average molecular weight is 376 g/mol. The second-order valence-corrected chi connectivity index (χ2v) is 8.67. The van der Waals surface area contributed by atoms with Gasteiger partial charge in [-0.15, -0.1) is 0 Å². The molecule has 3 fully saturated rings. The number of hydrogen-bond donors (Lipinski definition) is 2. The quantitative estimate of drug-likeness (QED) is 0.846. The Kier molecular flexibility index (Phi) is 5.82. The number of rotatable bonds is 3. The molecule has 5 heteroatoms. The summed E-state index contributed by atoms with van der Waals surface area (Å²) in [5.41, 5.74) is 8.19. The Hall–Kier alpha value is -1.10. The second kappa shape index (κ2) is 8.28. The summed E-state index contributed by atoms with van der Waals surface area (Å²) >= 11 is 6.06. The number of halogens is 1. The van der Waals surface area contributed by atoms with Crippen molar-refractivity contribution in [3.8, 4) is 0 Å². The highest BCUT2D eigenvalue weighted by Crippen LogP contribution is 2.33. The van der Waals surface area contributed by atoms with Crippen LogP contribution < -0.4 is 10.9 Å². The molecule has 1 aromatic rings. The highest BCUT2D eigenvalue weighted by molar-refractivity contribution is 6.30. The molecule has 0 radical (unpaired) electrons. The van der Waals surface area contributed by atoms with Gasteiger partial charge in [-0.05, 0) is 49.3 Å². The largest absolute Gasteiger partial charge is 0.342 e. The fourth-order valence-electron chi connectivity index (χ4n) is 5.11. The second-order valence-electron chi connectivity index (χ2n) is 8.23. The lowest BCUT2D eigenvalue weighted by Gasteiger charge is -2.39. The van der Waals surface area contributed by atoms with E-state index in [0.29, 0.717) is 23.8 Å². The van der Waals surface area contributed by atoms with Gasteiger partial charge in [-0.1, -0.05) is 43.0 Å². The van der Waals surface area contributed by atoms with E-state index in [1.54, 1.807) is 0 Å². The molecule has 1 amide bonds. The van der Waals surface area contributed by atoms with Gasteiger partial charge in [0.25, 0.3) is 0 Å². The summed E-state index contributed by atoms with van der Waals surface area (Å²) in [4.78, 5) is 15.1. The van der Waals surface area contributed by atoms with Gasteiger partial charge in [0.15, 0.2) is 0 Å². The summed E-state index contributed by atoms with van der Waals surface area (Å²) in [6, 6.07) is 8.61. The van der Waals surface area contributed by atoms with Gasteiger partial charge >= 0.3 is 0 Å². The van der Waals surface area contributed by atoms with Crippen LogP contribution >= 0.6 is 11.6 Å². The summed E-state index contributed by atoms with van der Waals surface area (Å²) in [6.07, 6.45) is 8.24. The van der Waals surface area contributed by atoms with Crippen LogP contribution in [0, 0.1) is 11.8 Å². The molecule has 2 heterocycles. The van der Waals surface area contributed by atoms with E-state index in [4.69, 9.17) is 11.6 Å². The molecule has 142 valence electrons. The van der Waals surface area contributed by atoms with E-state index in [-0.39, 0.29) is 5.92 Å². The molecule has 2 aliphatic heterocycles. The number of piperidine rings is 1. The van der Waals surface area contributed by atoms with Gasteiger partial charge in [0.05, 0.1) is 0 Å². The number of amides is 1. The Labute approximate surface area is 161 Å². The minimum absolute atomic E-state index is 0.282. The first-order valence-electron chi connectivity index (χ1n) is 10.2. The number of likely N-dealkylation sites (tertiary alicyclic amines) is 1. The average Bonchev–Trinajstić information content (AvgIpc) is 3.19. The molecule has 2 saturated heterocycles. The van der Waals surface area contributed by atoms with Gasteiger partial charge in [-0.2, -0.15) is 0 Å². The molecule has 26 heavy (non-hydrogen) atoms. The van der Waals surface area contributed by atoms with E-state index in [2.05, 4.69) is 27.9 Å². The molecule has 3 atom stereocenters. The van der Waals surface area contributed by atoms with Crippen molar-refractivity contribution < 1.29 is 4.79 Å². The summed E-state index contributed by atoms with van der Waals surface area (Å²) in [5.74, 6) is 1.64. The predicted molar refractivity (Wildman–Crippen MR) is 105 cm³/mol. The van der Waals surface area contributed by atoms with Crippen LogP contribution in [0.25, 0.3) is 0 Å². The van der Waals surface area contributed by atoms with Crippen molar-refractivity contribution in [3.63, 3.8) is 0 Å². The van der Waals surface area contributed by atoms with Crippen molar-refractivity contribution in [3.05, 3.63) is 34.9 Å². The van der Waals surface area contributed by atoms with Crippen LogP contribution in [-0.4, -0.2) is 36.5 Å². The summed E-state index contributed by atoms with van der Waals surface area (Å²) < 4.78 is 0. The Bertz CT molecular complexity index is 614. The van der Waals surface area contributed by atoms with Gasteiger partial charge in [-0.3, -0.25) is 15.6 Å². The van der Waals surface area contributed by atoms with Crippen molar-refractivity contribution in [2.45, 2.75) is 56.9 Å². The Morgan fingerprint density at radius 3 is 2.58 bits per heavy atom. The Morgan fingerprint density at radius 2 is 1.81 bits per heavy atom. The molecule has 0 bridgehead atoms. The zero-order valence-electron chi connectivity index (χ0n) is 15.4. The molecule has 4 nitrogen and oxygen atoms in total. The molecule has 1 aromatic carbocycles. The molecule has 0 spiro atoms. The maximum absolute atomic E-state index is 13.0. The van der Waals surface area contributed by atoms with E-state index in [0.717, 1.165) is 43.9 Å². The molecule has 3 unspecified atom stereocenters. The summed E-state index contributed by atoms with van der Waals surface area (Å²) in [6.45, 7) is 2.77. The fourth-order valence-corrected chi connectivity index (χ4v) is 5.23. The Morgan fingerprint density at radius 1 is 1.04 bits per heavy atom. The number of benzene rings is 1. The van der Waals surface area contributed by atoms with Gasteiger partial charge in [-0.25, -0.2) is 0 Å². The van der Waals surface area contributed by atoms with Crippen molar-refractivity contribution >= 4 is 17.5 Å². The first kappa shape index (κ1) is 18.3. The highest BCUT2D eigenvalue weighted by Gasteiger charge is 2.38. The molecule has 4 rings (SSSR count). The van der Waals surface area contributed by atoms with Gasteiger partial charge in [0.1, 0.15) is 0 Å². The smallest absolute Gasteiger partial charge is 0.225 e. The lowest BCUT2D eigenvalue weighted by molar-refractivity contribution is -0.138. The lowest BCUT2D eigenvalue weighted by Crippen LogP contribution is -2.49. The van der Waals surface area contributed by atoms with Crippen LogP contribution in [0.2, 0.25) is 5.02 Å². The van der Waals surface area contributed by atoms with Gasteiger partial charge < -0.3 is 4.90 Å². The molecular weight excluding hydrogens is 346 g/mol. The van der Waals surface area contributed by atoms with Crippen molar-refractivity contribution in [1.82, 2.24) is 15.8 Å². The van der Waals surface area contributed by atoms with Crippen LogP contribution in [0.5, 0.6) is 0 Å². The third-order valence-corrected chi connectivity index (χ3v) is 6.81. The zero-order chi connectivity index (χ0) is 17.9. The third kappa shape index (κ3) is 3.92. The maximum atomic E-state index is 13.0. The third-order valence-electron chi connectivity index (χ3n) is 6.55. The minimum atomic E-state index is 0.282. The van der Waals surface area contributed by atoms with Crippen molar-refractivity contribution in [2.75, 3.05) is 19.6 Å². The molecule has 0 aromatic heterocycles. The molecular formula is C21H30ClN3O. The zero-order valence-corrected chi connectivity index (χ0v) is 16.2. The standard InChI is InChI=1S/C21H30ClN3O/c22-18-10-8-15(9-11-18)19-13-23-24-20(19)17-7-4-12-25(14-17)21(26)16-5-2-1-3-6-16/h8-11,16-17,19-20,23-24H,1-7,12-14H2. The first-order chi connectivity index (χ1) is 12.7. The van der Waals surface area contributed by atoms with Gasteiger partial charge in [0, 0.05) is 42.5 Å². The number of nitrogens with one attached hydrogen (secondary N) is 2. The minimum Gasteiger partial charge on any atom is -0.342 e. The first-order valence-corrected chi connectivity index (χ1v) is 10.6. The summed E-state index contributed by atoms with van der Waals surface area (Å²) in [7, 11) is 0. The molecule has 3 aliphatic rings. The van der Waals surface area contributed by atoms with E-state index < -0.39 is 0 Å². The van der Waals surface area contributed by atoms with E-state index in [9.17, 15) is 4.79 Å². The van der Waals surface area contributed by atoms with E-state index >= 15 is 0 Å². The van der Waals surface area contributed by atoms with Crippen molar-refractivity contribution in [1.29, 1.82) is 0 Å².